The fourth-order valence-electron chi connectivity index (χ4n) is 1.71. The predicted octanol–water partition coefficient (Wildman–Crippen LogP) is 3.68. The molecule has 0 saturated heterocycles. The SMILES string of the molecule is Cc1ccc([C@H](C)N=Cc2ccccc2[N+](=O)[O-])o1. The number of hydrogen-bond acceptors (Lipinski definition) is 4. The van der Waals surface area contributed by atoms with Crippen molar-refractivity contribution >= 4 is 11.9 Å². The summed E-state index contributed by atoms with van der Waals surface area (Å²) in [4.78, 5) is 14.7. The van der Waals surface area contributed by atoms with Gasteiger partial charge in [0.2, 0.25) is 0 Å². The molecule has 5 nitrogen and oxygen atoms in total. The Hall–Kier alpha value is -2.43. The Morgan fingerprint density at radius 2 is 2.05 bits per heavy atom. The van der Waals surface area contributed by atoms with Gasteiger partial charge in [0.1, 0.15) is 17.6 Å². The van der Waals surface area contributed by atoms with Gasteiger partial charge >= 0.3 is 0 Å². The largest absolute Gasteiger partial charge is 0.464 e. The third kappa shape index (κ3) is 3.07. The van der Waals surface area contributed by atoms with E-state index in [0.29, 0.717) is 5.56 Å². The molecular weight excluding hydrogens is 244 g/mol. The second-order valence-corrected chi connectivity index (χ2v) is 4.22. The quantitative estimate of drug-likeness (QED) is 0.477. The van der Waals surface area contributed by atoms with Gasteiger partial charge in [-0.05, 0) is 32.0 Å². The number of benzene rings is 1. The Labute approximate surface area is 110 Å². The van der Waals surface area contributed by atoms with Crippen LogP contribution in [-0.4, -0.2) is 11.1 Å². The topological polar surface area (TPSA) is 68.6 Å². The first-order valence-electron chi connectivity index (χ1n) is 5.91. The second kappa shape index (κ2) is 5.48. The van der Waals surface area contributed by atoms with Crippen LogP contribution in [0.1, 0.15) is 30.0 Å². The van der Waals surface area contributed by atoms with Crippen molar-refractivity contribution in [2.24, 2.45) is 4.99 Å². The highest BCUT2D eigenvalue weighted by Crippen LogP contribution is 2.21. The number of aliphatic imine (C=N–C) groups is 1. The lowest BCUT2D eigenvalue weighted by atomic mass is 10.2. The van der Waals surface area contributed by atoms with Crippen LogP contribution < -0.4 is 0 Å². The van der Waals surface area contributed by atoms with Crippen LogP contribution in [0.5, 0.6) is 0 Å². The number of rotatable bonds is 4. The van der Waals surface area contributed by atoms with E-state index in [1.54, 1.807) is 18.2 Å². The summed E-state index contributed by atoms with van der Waals surface area (Å²) >= 11 is 0. The lowest BCUT2D eigenvalue weighted by molar-refractivity contribution is -0.385. The molecule has 0 aliphatic carbocycles. The smallest absolute Gasteiger partial charge is 0.278 e. The van der Waals surface area contributed by atoms with Crippen molar-refractivity contribution in [1.29, 1.82) is 0 Å². The fraction of sp³-hybridized carbons (Fsp3) is 0.214. The number of hydrogen-bond donors (Lipinski definition) is 0. The van der Waals surface area contributed by atoms with E-state index in [1.807, 2.05) is 26.0 Å². The molecule has 98 valence electrons. The fourth-order valence-corrected chi connectivity index (χ4v) is 1.71. The third-order valence-electron chi connectivity index (χ3n) is 2.74. The normalized spacial score (nSPS) is 12.7. The molecule has 1 heterocycles. The summed E-state index contributed by atoms with van der Waals surface area (Å²) in [5, 5.41) is 10.9. The average molecular weight is 258 g/mol. The lowest BCUT2D eigenvalue weighted by Crippen LogP contribution is -1.95. The predicted molar refractivity (Wildman–Crippen MR) is 72.6 cm³/mol. The zero-order chi connectivity index (χ0) is 13.8. The molecule has 0 amide bonds. The van der Waals surface area contributed by atoms with Crippen LogP contribution in [0.3, 0.4) is 0 Å². The number of aryl methyl sites for hydroxylation is 1. The summed E-state index contributed by atoms with van der Waals surface area (Å²) in [6.45, 7) is 3.74. The third-order valence-corrected chi connectivity index (χ3v) is 2.74. The maximum atomic E-state index is 10.9. The van der Waals surface area contributed by atoms with E-state index in [-0.39, 0.29) is 11.7 Å². The molecule has 5 heteroatoms. The minimum absolute atomic E-state index is 0.0501. The molecule has 1 aromatic carbocycles. The summed E-state index contributed by atoms with van der Waals surface area (Å²) in [5.41, 5.74) is 0.539. The van der Waals surface area contributed by atoms with Gasteiger partial charge < -0.3 is 4.42 Å². The molecule has 0 spiro atoms. The second-order valence-electron chi connectivity index (χ2n) is 4.22. The van der Waals surface area contributed by atoms with Crippen LogP contribution >= 0.6 is 0 Å². The molecule has 0 aliphatic heterocycles. The van der Waals surface area contributed by atoms with Gasteiger partial charge in [-0.3, -0.25) is 15.1 Å². The minimum atomic E-state index is -0.414. The van der Waals surface area contributed by atoms with Crippen molar-refractivity contribution in [2.45, 2.75) is 19.9 Å². The summed E-state index contributed by atoms with van der Waals surface area (Å²) in [6.07, 6.45) is 1.51. The Bertz CT molecular complexity index is 617. The van der Waals surface area contributed by atoms with Crippen molar-refractivity contribution in [2.75, 3.05) is 0 Å². The summed E-state index contributed by atoms with van der Waals surface area (Å²) in [6, 6.07) is 10.1. The highest BCUT2D eigenvalue weighted by Gasteiger charge is 2.11. The van der Waals surface area contributed by atoms with Crippen LogP contribution in [0.15, 0.2) is 45.8 Å². The van der Waals surface area contributed by atoms with Gasteiger partial charge in [-0.2, -0.15) is 0 Å². The van der Waals surface area contributed by atoms with Gasteiger partial charge in [0.05, 0.1) is 10.5 Å². The van der Waals surface area contributed by atoms with Crippen LogP contribution in [0.25, 0.3) is 0 Å². The summed E-state index contributed by atoms with van der Waals surface area (Å²) in [7, 11) is 0. The van der Waals surface area contributed by atoms with Crippen molar-refractivity contribution in [3.05, 3.63) is 63.6 Å². The Morgan fingerprint density at radius 3 is 2.68 bits per heavy atom. The van der Waals surface area contributed by atoms with Crippen LogP contribution in [-0.2, 0) is 0 Å². The molecule has 0 radical (unpaired) electrons. The molecule has 0 fully saturated rings. The molecule has 0 saturated carbocycles. The first-order valence-corrected chi connectivity index (χ1v) is 5.91. The molecule has 0 bridgehead atoms. The van der Waals surface area contributed by atoms with Gasteiger partial charge in [0.15, 0.2) is 0 Å². The molecule has 0 unspecified atom stereocenters. The lowest BCUT2D eigenvalue weighted by Gasteiger charge is -2.02. The van der Waals surface area contributed by atoms with E-state index in [2.05, 4.69) is 4.99 Å². The van der Waals surface area contributed by atoms with Crippen molar-refractivity contribution < 1.29 is 9.34 Å². The maximum absolute atomic E-state index is 10.9. The van der Waals surface area contributed by atoms with Crippen molar-refractivity contribution in [3.8, 4) is 0 Å². The van der Waals surface area contributed by atoms with Gasteiger partial charge in [0, 0.05) is 12.3 Å². The maximum Gasteiger partial charge on any atom is 0.278 e. The first-order chi connectivity index (χ1) is 9.08. The molecule has 0 N–H and O–H groups in total. The molecular formula is C14H14N2O3. The average Bonchev–Trinajstić information content (AvgIpc) is 2.83. The summed E-state index contributed by atoms with van der Waals surface area (Å²) in [5.74, 6) is 1.56. The van der Waals surface area contributed by atoms with E-state index in [1.165, 1.54) is 12.3 Å². The Morgan fingerprint density at radius 1 is 1.32 bits per heavy atom. The molecule has 2 aromatic rings. The first kappa shape index (κ1) is 13.0. The molecule has 1 atom stereocenters. The minimum Gasteiger partial charge on any atom is -0.464 e. The van der Waals surface area contributed by atoms with Gasteiger partial charge in [-0.1, -0.05) is 12.1 Å². The number of nitro benzene ring substituents is 1. The standard InChI is InChI=1S/C14H14N2O3/c1-10-7-8-14(19-10)11(2)15-9-12-5-3-4-6-13(12)16(17)18/h3-9,11H,1-2H3/t11-/m0/s1. The number of para-hydroxylation sites is 1. The Kier molecular flexibility index (Phi) is 3.75. The van der Waals surface area contributed by atoms with E-state index >= 15 is 0 Å². The van der Waals surface area contributed by atoms with Crippen LogP contribution in [0.4, 0.5) is 5.69 Å². The van der Waals surface area contributed by atoms with E-state index < -0.39 is 4.92 Å². The van der Waals surface area contributed by atoms with Crippen molar-refractivity contribution in [1.82, 2.24) is 0 Å². The molecule has 2 rings (SSSR count). The highest BCUT2D eigenvalue weighted by molar-refractivity contribution is 5.85. The van der Waals surface area contributed by atoms with Crippen molar-refractivity contribution in [3.63, 3.8) is 0 Å². The molecule has 19 heavy (non-hydrogen) atoms. The Balaban J connectivity index is 2.21. The number of nitro groups is 1. The number of nitrogens with zero attached hydrogens (tertiary/aromatic N) is 2. The van der Waals surface area contributed by atoms with E-state index in [9.17, 15) is 10.1 Å². The monoisotopic (exact) mass is 258 g/mol. The molecule has 1 aromatic heterocycles. The van der Waals surface area contributed by atoms with Gasteiger partial charge in [-0.15, -0.1) is 0 Å². The van der Waals surface area contributed by atoms with E-state index in [0.717, 1.165) is 11.5 Å². The van der Waals surface area contributed by atoms with Gasteiger partial charge in [0.25, 0.3) is 5.69 Å². The molecule has 0 aliphatic rings. The zero-order valence-corrected chi connectivity index (χ0v) is 10.7. The zero-order valence-electron chi connectivity index (χ0n) is 10.7. The van der Waals surface area contributed by atoms with Gasteiger partial charge in [-0.25, -0.2) is 0 Å². The highest BCUT2D eigenvalue weighted by atomic mass is 16.6. The van der Waals surface area contributed by atoms with E-state index in [4.69, 9.17) is 4.42 Å². The number of furan rings is 1. The van der Waals surface area contributed by atoms with Crippen LogP contribution in [0.2, 0.25) is 0 Å². The summed E-state index contributed by atoms with van der Waals surface area (Å²) < 4.78 is 5.46. The van der Waals surface area contributed by atoms with Crippen LogP contribution in [0, 0.1) is 17.0 Å².